The topological polar surface area (TPSA) is 54.5 Å². The third kappa shape index (κ3) is 7.91. The van der Waals surface area contributed by atoms with Gasteiger partial charge in [0, 0.05) is 16.5 Å². The van der Waals surface area contributed by atoms with E-state index in [2.05, 4.69) is 35.9 Å². The molecule has 0 saturated heterocycles. The summed E-state index contributed by atoms with van der Waals surface area (Å²) in [7, 11) is 0. The Morgan fingerprint density at radius 1 is 1.00 bits per heavy atom. The largest absolute Gasteiger partial charge is 0.344 e. The van der Waals surface area contributed by atoms with Gasteiger partial charge in [0.1, 0.15) is 9.67 Å². The average molecular weight is 564 g/mol. The van der Waals surface area contributed by atoms with Crippen molar-refractivity contribution in [3.8, 4) is 0 Å². The summed E-state index contributed by atoms with van der Waals surface area (Å²) in [4.78, 5) is 13.0. The molecule has 4 nitrogen and oxygen atoms in total. The van der Waals surface area contributed by atoms with Crippen molar-refractivity contribution in [2.24, 2.45) is 0 Å². The summed E-state index contributed by atoms with van der Waals surface area (Å²) < 4.78 is 25.8. The lowest BCUT2D eigenvalue weighted by Gasteiger charge is -2.07. The van der Waals surface area contributed by atoms with E-state index >= 15 is 0 Å². The first-order chi connectivity index (χ1) is 14.7. The van der Waals surface area contributed by atoms with Gasteiger partial charge in [-0.15, -0.1) is 11.8 Å². The maximum absolute atomic E-state index is 12.6. The molecule has 11 heteroatoms. The molecular formula is C20H15BrCl2F2N4S2. The van der Waals surface area contributed by atoms with Crippen LogP contribution in [0.3, 0.4) is 0 Å². The van der Waals surface area contributed by atoms with Crippen LogP contribution in [-0.2, 0) is 0 Å². The van der Waals surface area contributed by atoms with Gasteiger partial charge in [0.15, 0.2) is 0 Å². The number of nitrogens with zero attached hydrogens (tertiary/aromatic N) is 3. The van der Waals surface area contributed by atoms with Crippen LogP contribution in [0.4, 0.5) is 8.78 Å². The van der Waals surface area contributed by atoms with E-state index in [4.69, 9.17) is 35.4 Å². The fourth-order valence-electron chi connectivity index (χ4n) is 2.50. The molecule has 2 aromatic carbocycles. The molecule has 0 saturated carbocycles. The van der Waals surface area contributed by atoms with E-state index in [1.807, 2.05) is 6.07 Å². The predicted octanol–water partition coefficient (Wildman–Crippen LogP) is 8.09. The van der Waals surface area contributed by atoms with Crippen LogP contribution in [0.1, 0.15) is 12.8 Å². The normalized spacial score (nSPS) is 11.4. The SMILES string of the molecule is FC(F)(Br)CCCSc1cnc2cc(Cl)ccc2n1.S=c1cnc2cc(Cl)ccc2[nH]1. The number of hydrogen-bond donors (Lipinski definition) is 1. The molecule has 0 unspecified atom stereocenters. The van der Waals surface area contributed by atoms with Crippen LogP contribution >= 0.6 is 63.1 Å². The van der Waals surface area contributed by atoms with Crippen LogP contribution in [0.5, 0.6) is 0 Å². The number of aromatic amines is 1. The lowest BCUT2D eigenvalue weighted by molar-refractivity contribution is 0.104. The number of nitrogens with one attached hydrogen (secondary N) is 1. The van der Waals surface area contributed by atoms with Crippen molar-refractivity contribution in [1.29, 1.82) is 0 Å². The van der Waals surface area contributed by atoms with Gasteiger partial charge in [0.25, 0.3) is 0 Å². The molecule has 0 fully saturated rings. The molecule has 0 bridgehead atoms. The maximum atomic E-state index is 12.6. The zero-order chi connectivity index (χ0) is 22.4. The highest BCUT2D eigenvalue weighted by atomic mass is 79.9. The Bertz CT molecular complexity index is 1250. The number of hydrogen-bond acceptors (Lipinski definition) is 5. The molecule has 162 valence electrons. The van der Waals surface area contributed by atoms with E-state index in [-0.39, 0.29) is 6.42 Å². The third-order valence-corrected chi connectivity index (χ3v) is 5.93. The molecule has 4 aromatic rings. The molecule has 4 rings (SSSR count). The zero-order valence-corrected chi connectivity index (χ0v) is 20.5. The third-order valence-electron chi connectivity index (χ3n) is 3.88. The molecule has 0 aliphatic heterocycles. The Kier molecular flexibility index (Phi) is 8.58. The highest BCUT2D eigenvalue weighted by Gasteiger charge is 2.22. The van der Waals surface area contributed by atoms with Gasteiger partial charge in [-0.1, -0.05) is 35.4 Å². The fourth-order valence-corrected chi connectivity index (χ4v) is 4.06. The average Bonchev–Trinajstić information content (AvgIpc) is 2.71. The lowest BCUT2D eigenvalue weighted by Crippen LogP contribution is -2.04. The Morgan fingerprint density at radius 2 is 1.68 bits per heavy atom. The van der Waals surface area contributed by atoms with Crippen molar-refractivity contribution in [2.75, 3.05) is 5.75 Å². The lowest BCUT2D eigenvalue weighted by atomic mass is 10.3. The standard InChI is InChI=1S/C12H10BrClF2N2S.C8H5ClN2S/c13-12(15,16)4-1-5-19-11-7-17-10-6-8(14)2-3-9(10)18-11;9-5-1-2-6-7(3-5)10-4-8(12)11-6/h2-3,6-7H,1,4-5H2;1-4H,(H,11,12). The molecule has 2 heterocycles. The van der Waals surface area contributed by atoms with E-state index in [1.54, 1.807) is 42.7 Å². The Hall–Kier alpha value is -1.39. The summed E-state index contributed by atoms with van der Waals surface area (Å²) in [6, 6.07) is 10.7. The summed E-state index contributed by atoms with van der Waals surface area (Å²) in [6.07, 6.45) is 3.46. The number of rotatable bonds is 5. The molecule has 0 aliphatic rings. The van der Waals surface area contributed by atoms with Gasteiger partial charge >= 0.3 is 4.83 Å². The van der Waals surface area contributed by atoms with Gasteiger partial charge < -0.3 is 4.98 Å². The summed E-state index contributed by atoms with van der Waals surface area (Å²) in [6.45, 7) is 0. The van der Waals surface area contributed by atoms with Crippen LogP contribution in [0, 0.1) is 4.64 Å². The van der Waals surface area contributed by atoms with Crippen molar-refractivity contribution >= 4 is 85.2 Å². The second kappa shape index (κ2) is 11.0. The van der Waals surface area contributed by atoms with Crippen LogP contribution in [-0.4, -0.2) is 30.5 Å². The zero-order valence-electron chi connectivity index (χ0n) is 15.8. The highest BCUT2D eigenvalue weighted by molar-refractivity contribution is 9.10. The first kappa shape index (κ1) is 24.3. The maximum Gasteiger partial charge on any atom is 0.301 e. The number of aromatic nitrogens is 4. The highest BCUT2D eigenvalue weighted by Crippen LogP contribution is 2.29. The molecule has 0 radical (unpaired) electrons. The first-order valence-corrected chi connectivity index (χ1v) is 11.9. The monoisotopic (exact) mass is 562 g/mol. The fraction of sp³-hybridized carbons (Fsp3) is 0.200. The number of thioether (sulfide) groups is 1. The van der Waals surface area contributed by atoms with E-state index in [1.165, 1.54) is 11.8 Å². The molecule has 31 heavy (non-hydrogen) atoms. The van der Waals surface area contributed by atoms with Crippen molar-refractivity contribution < 1.29 is 8.78 Å². The van der Waals surface area contributed by atoms with Gasteiger partial charge in [-0.25, -0.2) is 4.98 Å². The second-order valence-electron chi connectivity index (χ2n) is 6.32. The summed E-state index contributed by atoms with van der Waals surface area (Å²) in [5.41, 5.74) is 3.21. The summed E-state index contributed by atoms with van der Waals surface area (Å²) in [5.74, 6) is 0.578. The number of fused-ring (bicyclic) bond motifs is 2. The van der Waals surface area contributed by atoms with Crippen molar-refractivity contribution in [1.82, 2.24) is 19.9 Å². The predicted molar refractivity (Wildman–Crippen MR) is 130 cm³/mol. The smallest absolute Gasteiger partial charge is 0.301 e. The minimum atomic E-state index is -2.78. The van der Waals surface area contributed by atoms with Crippen LogP contribution in [0.25, 0.3) is 22.1 Å². The second-order valence-corrected chi connectivity index (χ2v) is 9.91. The molecule has 0 atom stereocenters. The van der Waals surface area contributed by atoms with Crippen LogP contribution in [0.2, 0.25) is 10.0 Å². The quantitative estimate of drug-likeness (QED) is 0.115. The van der Waals surface area contributed by atoms with Crippen molar-refractivity contribution in [3.63, 3.8) is 0 Å². The number of halogens is 5. The van der Waals surface area contributed by atoms with E-state index < -0.39 is 4.83 Å². The molecular weight excluding hydrogens is 549 g/mol. The van der Waals surface area contributed by atoms with Gasteiger partial charge in [0.2, 0.25) is 0 Å². The summed E-state index contributed by atoms with van der Waals surface area (Å²) >= 11 is 20.3. The molecule has 0 spiro atoms. The summed E-state index contributed by atoms with van der Waals surface area (Å²) in [5, 5.41) is 2.02. The minimum Gasteiger partial charge on any atom is -0.344 e. The van der Waals surface area contributed by atoms with Crippen molar-refractivity contribution in [2.45, 2.75) is 22.7 Å². The van der Waals surface area contributed by atoms with Crippen LogP contribution < -0.4 is 0 Å². The molecule has 0 amide bonds. The Balaban J connectivity index is 0.000000194. The van der Waals surface area contributed by atoms with Gasteiger partial charge in [-0.2, -0.15) is 8.78 Å². The van der Waals surface area contributed by atoms with Crippen LogP contribution in [0.15, 0.2) is 53.8 Å². The first-order valence-electron chi connectivity index (χ1n) is 8.96. The Morgan fingerprint density at radius 3 is 2.42 bits per heavy atom. The minimum absolute atomic E-state index is 0.184. The van der Waals surface area contributed by atoms with E-state index in [0.29, 0.717) is 26.9 Å². The van der Waals surface area contributed by atoms with Crippen molar-refractivity contribution in [3.05, 3.63) is 63.5 Å². The molecule has 1 N–H and O–H groups in total. The molecule has 2 aromatic heterocycles. The Labute approximate surface area is 204 Å². The van der Waals surface area contributed by atoms with E-state index in [9.17, 15) is 8.78 Å². The van der Waals surface area contributed by atoms with Gasteiger partial charge in [-0.3, -0.25) is 9.97 Å². The number of H-pyrrole nitrogens is 1. The van der Waals surface area contributed by atoms with E-state index in [0.717, 1.165) is 27.1 Å². The number of benzene rings is 2. The molecule has 0 aliphatic carbocycles. The van der Waals surface area contributed by atoms with Gasteiger partial charge in [0.05, 0.1) is 34.5 Å². The number of alkyl halides is 3. The van der Waals surface area contributed by atoms with Gasteiger partial charge in [-0.05, 0) is 64.5 Å².